The van der Waals surface area contributed by atoms with Crippen molar-refractivity contribution in [3.8, 4) is 0 Å². The van der Waals surface area contributed by atoms with Gasteiger partial charge in [0.1, 0.15) is 0 Å². The first-order valence-electron chi connectivity index (χ1n) is 7.79. The fourth-order valence-electron chi connectivity index (χ4n) is 1.74. The highest BCUT2D eigenvalue weighted by atomic mass is 31.2. The van der Waals surface area contributed by atoms with Crippen molar-refractivity contribution < 1.29 is 43.7 Å². The van der Waals surface area contributed by atoms with Crippen LogP contribution in [0.25, 0.3) is 0 Å². The number of hydrogen-bond acceptors (Lipinski definition) is 6. The Morgan fingerprint density at radius 2 is 1.20 bits per heavy atom. The van der Waals surface area contributed by atoms with Crippen LogP contribution in [0.2, 0.25) is 0 Å². The van der Waals surface area contributed by atoms with E-state index in [-0.39, 0.29) is 12.8 Å². The standard InChI is InChI=1S/C6H17NO7P2.C6H13NO2/c7-5-3-1-2-4-6(8,15(9,10)11)16(12,13)14;7-5-3-1-2-4-6(8)9/h8H,1-5,7H2,(H2,9,10,11)(H2,12,13,14);1-5,7H2,(H,8,9). The zero-order chi connectivity index (χ0) is 20.1. The highest BCUT2D eigenvalue weighted by molar-refractivity contribution is 7.72. The minimum atomic E-state index is -5.30. The lowest BCUT2D eigenvalue weighted by atomic mass is 10.2. The van der Waals surface area contributed by atoms with Gasteiger partial charge in [-0.3, -0.25) is 13.9 Å². The highest BCUT2D eigenvalue weighted by Crippen LogP contribution is 2.69. The van der Waals surface area contributed by atoms with Gasteiger partial charge in [-0.15, -0.1) is 0 Å². The number of hydrogen-bond donors (Lipinski definition) is 8. The number of unbranched alkanes of at least 4 members (excludes halogenated alkanes) is 4. The summed E-state index contributed by atoms with van der Waals surface area (Å²) < 4.78 is 21.8. The first-order chi connectivity index (χ1) is 11.3. The summed E-state index contributed by atoms with van der Waals surface area (Å²) in [6.45, 7) is 1.03. The van der Waals surface area contributed by atoms with Crippen LogP contribution in [0.4, 0.5) is 0 Å². The summed E-state index contributed by atoms with van der Waals surface area (Å²) in [4.78, 5) is 45.0. The molecule has 0 saturated carbocycles. The number of carboxylic acid groups (broad SMARTS) is 1. The number of carbonyl (C=O) groups is 1. The number of nitrogens with two attached hydrogens (primary N) is 2. The fourth-order valence-corrected chi connectivity index (χ4v) is 4.00. The molecule has 0 radical (unpaired) electrons. The SMILES string of the molecule is NCCCCCC(=O)O.NCCCCCC(O)(P(=O)(O)O)P(=O)(O)O. The molecule has 0 atom stereocenters. The summed E-state index contributed by atoms with van der Waals surface area (Å²) in [5, 5.41) is 14.3. The van der Waals surface area contributed by atoms with Crippen molar-refractivity contribution in [2.45, 2.75) is 56.4 Å². The molecule has 0 heterocycles. The Bertz CT molecular complexity index is 442. The molecule has 0 aromatic rings. The summed E-state index contributed by atoms with van der Waals surface area (Å²) >= 11 is 0. The number of aliphatic hydroxyl groups is 1. The molecule has 0 rings (SSSR count). The van der Waals surface area contributed by atoms with Crippen molar-refractivity contribution in [2.75, 3.05) is 13.1 Å². The molecule has 0 aliphatic heterocycles. The van der Waals surface area contributed by atoms with E-state index in [1.54, 1.807) is 0 Å². The predicted molar refractivity (Wildman–Crippen MR) is 91.7 cm³/mol. The molecule has 0 bridgehead atoms. The average Bonchev–Trinajstić information content (AvgIpc) is 2.46. The maximum atomic E-state index is 10.9. The zero-order valence-electron chi connectivity index (χ0n) is 14.0. The van der Waals surface area contributed by atoms with Crippen LogP contribution in [-0.4, -0.2) is 53.9 Å². The van der Waals surface area contributed by atoms with Gasteiger partial charge in [-0.2, -0.15) is 0 Å². The maximum absolute atomic E-state index is 10.9. The number of aliphatic carboxylic acids is 1. The van der Waals surface area contributed by atoms with Gasteiger partial charge in [0, 0.05) is 6.42 Å². The van der Waals surface area contributed by atoms with Crippen LogP contribution in [0.3, 0.4) is 0 Å². The van der Waals surface area contributed by atoms with Gasteiger partial charge >= 0.3 is 21.2 Å². The van der Waals surface area contributed by atoms with Crippen LogP contribution in [0.5, 0.6) is 0 Å². The third kappa shape index (κ3) is 11.8. The third-order valence-electron chi connectivity index (χ3n) is 3.24. The lowest BCUT2D eigenvalue weighted by molar-refractivity contribution is -0.137. The highest BCUT2D eigenvalue weighted by Gasteiger charge is 2.58. The lowest BCUT2D eigenvalue weighted by Crippen LogP contribution is -2.28. The molecule has 0 aliphatic rings. The molecule has 0 spiro atoms. The van der Waals surface area contributed by atoms with Gasteiger partial charge < -0.3 is 41.3 Å². The summed E-state index contributed by atoms with van der Waals surface area (Å²) in [5.41, 5.74) is 10.4. The van der Waals surface area contributed by atoms with E-state index in [0.717, 1.165) is 19.3 Å². The maximum Gasteiger partial charge on any atom is 0.369 e. The second kappa shape index (κ2) is 12.9. The van der Waals surface area contributed by atoms with Gasteiger partial charge in [0.05, 0.1) is 0 Å². The van der Waals surface area contributed by atoms with Crippen molar-refractivity contribution in [3.63, 3.8) is 0 Å². The van der Waals surface area contributed by atoms with Crippen LogP contribution in [-0.2, 0) is 13.9 Å². The predicted octanol–water partition coefficient (Wildman–Crippen LogP) is 0.0971. The van der Waals surface area contributed by atoms with Gasteiger partial charge in [-0.1, -0.05) is 12.8 Å². The van der Waals surface area contributed by atoms with E-state index in [2.05, 4.69) is 0 Å². The van der Waals surface area contributed by atoms with Crippen LogP contribution in [0.15, 0.2) is 0 Å². The second-order valence-electron chi connectivity index (χ2n) is 5.45. The summed E-state index contributed by atoms with van der Waals surface area (Å²) in [7, 11) is -10.6. The van der Waals surface area contributed by atoms with E-state index >= 15 is 0 Å². The molecule has 0 unspecified atom stereocenters. The minimum Gasteiger partial charge on any atom is -0.481 e. The van der Waals surface area contributed by atoms with Crippen molar-refractivity contribution in [1.82, 2.24) is 0 Å². The smallest absolute Gasteiger partial charge is 0.369 e. The quantitative estimate of drug-likeness (QED) is 0.159. The van der Waals surface area contributed by atoms with Gasteiger partial charge in [-0.05, 0) is 45.2 Å². The van der Waals surface area contributed by atoms with E-state index in [9.17, 15) is 19.0 Å². The van der Waals surface area contributed by atoms with Crippen LogP contribution in [0.1, 0.15) is 51.4 Å². The van der Waals surface area contributed by atoms with E-state index in [4.69, 9.17) is 36.1 Å². The van der Waals surface area contributed by atoms with Crippen molar-refractivity contribution >= 4 is 21.2 Å². The van der Waals surface area contributed by atoms with Gasteiger partial charge in [0.2, 0.25) is 0 Å². The Morgan fingerprint density at radius 3 is 1.52 bits per heavy atom. The first-order valence-corrected chi connectivity index (χ1v) is 11.0. The van der Waals surface area contributed by atoms with Crippen molar-refractivity contribution in [3.05, 3.63) is 0 Å². The molecule has 0 aromatic carbocycles. The van der Waals surface area contributed by atoms with E-state index in [1.165, 1.54) is 0 Å². The molecular formula is C12H30N2O9P2. The Balaban J connectivity index is 0. The normalized spacial score (nSPS) is 12.4. The van der Waals surface area contributed by atoms with E-state index in [1.807, 2.05) is 0 Å². The Labute approximate surface area is 146 Å². The molecular weight excluding hydrogens is 378 g/mol. The van der Waals surface area contributed by atoms with Crippen LogP contribution in [0, 0.1) is 0 Å². The zero-order valence-corrected chi connectivity index (χ0v) is 15.8. The lowest BCUT2D eigenvalue weighted by Gasteiger charge is -2.29. The van der Waals surface area contributed by atoms with Gasteiger partial charge in [-0.25, -0.2) is 0 Å². The van der Waals surface area contributed by atoms with Crippen molar-refractivity contribution in [1.29, 1.82) is 0 Å². The van der Waals surface area contributed by atoms with Crippen LogP contribution >= 0.6 is 15.2 Å². The third-order valence-corrected chi connectivity index (χ3v) is 7.12. The van der Waals surface area contributed by atoms with E-state index < -0.39 is 32.7 Å². The largest absolute Gasteiger partial charge is 0.481 e. The Hall–Kier alpha value is -0.350. The molecule has 0 amide bonds. The average molecular weight is 408 g/mol. The minimum absolute atomic E-state index is 0.0733. The van der Waals surface area contributed by atoms with E-state index in [0.29, 0.717) is 25.9 Å². The Kier molecular flexibility index (Phi) is 13.9. The first kappa shape index (κ1) is 26.9. The summed E-state index contributed by atoms with van der Waals surface area (Å²) in [6, 6.07) is 0. The molecule has 0 aromatic heterocycles. The molecule has 13 heteroatoms. The molecule has 25 heavy (non-hydrogen) atoms. The summed E-state index contributed by atoms with van der Waals surface area (Å²) in [6.07, 6.45) is 3.30. The Morgan fingerprint density at radius 1 is 0.800 bits per heavy atom. The number of carboxylic acids is 1. The monoisotopic (exact) mass is 408 g/mol. The van der Waals surface area contributed by atoms with Gasteiger partial charge in [0.25, 0.3) is 5.08 Å². The molecule has 10 N–H and O–H groups in total. The molecule has 152 valence electrons. The van der Waals surface area contributed by atoms with Gasteiger partial charge in [0.15, 0.2) is 0 Å². The topological polar surface area (TPSA) is 225 Å². The molecule has 0 aliphatic carbocycles. The summed E-state index contributed by atoms with van der Waals surface area (Å²) in [5.74, 6) is -0.716. The number of rotatable bonds is 12. The molecule has 0 fully saturated rings. The molecule has 0 saturated heterocycles. The fraction of sp³-hybridized carbons (Fsp3) is 0.917. The molecule has 11 nitrogen and oxygen atoms in total. The van der Waals surface area contributed by atoms with Crippen molar-refractivity contribution in [2.24, 2.45) is 11.5 Å². The van der Waals surface area contributed by atoms with Crippen LogP contribution < -0.4 is 11.5 Å². The second-order valence-corrected chi connectivity index (χ2v) is 9.46.